The molecule has 2 aromatic rings. The van der Waals surface area contributed by atoms with Crippen LogP contribution in [0.15, 0.2) is 33.5 Å². The summed E-state index contributed by atoms with van der Waals surface area (Å²) in [6, 6.07) is 7.31. The molecular formula is C11H10O3. The molecule has 2 rings (SSSR count). The van der Waals surface area contributed by atoms with Gasteiger partial charge in [0.2, 0.25) is 0 Å². The Labute approximate surface area is 80.9 Å². The van der Waals surface area contributed by atoms with Gasteiger partial charge in [-0.25, -0.2) is 4.79 Å². The molecule has 0 bridgehead atoms. The molecule has 1 heterocycles. The van der Waals surface area contributed by atoms with Crippen molar-refractivity contribution in [1.29, 1.82) is 0 Å². The number of fused-ring (bicyclic) bond motifs is 1. The first-order chi connectivity index (χ1) is 6.74. The SMILES string of the molecule is COc1c(C)c(=O)oc2ccccc12. The molecule has 0 atom stereocenters. The Morgan fingerprint density at radius 3 is 2.71 bits per heavy atom. The first-order valence-corrected chi connectivity index (χ1v) is 4.30. The van der Waals surface area contributed by atoms with Crippen molar-refractivity contribution in [2.24, 2.45) is 0 Å². The molecule has 3 heteroatoms. The zero-order valence-electron chi connectivity index (χ0n) is 8.03. The summed E-state index contributed by atoms with van der Waals surface area (Å²) < 4.78 is 10.3. The van der Waals surface area contributed by atoms with Crippen LogP contribution in [0.4, 0.5) is 0 Å². The molecule has 0 aliphatic rings. The van der Waals surface area contributed by atoms with Crippen LogP contribution < -0.4 is 10.4 Å². The van der Waals surface area contributed by atoms with Crippen molar-refractivity contribution < 1.29 is 9.15 Å². The fourth-order valence-electron chi connectivity index (χ4n) is 1.48. The lowest BCUT2D eigenvalue weighted by Crippen LogP contribution is -2.05. The van der Waals surface area contributed by atoms with Gasteiger partial charge in [-0.05, 0) is 19.1 Å². The summed E-state index contributed by atoms with van der Waals surface area (Å²) in [6.07, 6.45) is 0. The highest BCUT2D eigenvalue weighted by atomic mass is 16.5. The van der Waals surface area contributed by atoms with Crippen molar-refractivity contribution in [3.63, 3.8) is 0 Å². The van der Waals surface area contributed by atoms with E-state index in [-0.39, 0.29) is 5.63 Å². The molecule has 0 aliphatic carbocycles. The molecule has 0 N–H and O–H groups in total. The minimum absolute atomic E-state index is 0.347. The molecule has 0 spiro atoms. The molecule has 0 aliphatic heterocycles. The maximum Gasteiger partial charge on any atom is 0.342 e. The van der Waals surface area contributed by atoms with Gasteiger partial charge < -0.3 is 9.15 Å². The van der Waals surface area contributed by atoms with E-state index in [1.54, 1.807) is 20.1 Å². The van der Waals surface area contributed by atoms with Crippen LogP contribution in [0.1, 0.15) is 5.56 Å². The van der Waals surface area contributed by atoms with E-state index in [2.05, 4.69) is 0 Å². The third-order valence-corrected chi connectivity index (χ3v) is 2.19. The quantitative estimate of drug-likeness (QED) is 0.646. The molecular weight excluding hydrogens is 180 g/mol. The highest BCUT2D eigenvalue weighted by Gasteiger charge is 2.09. The molecule has 0 amide bonds. The van der Waals surface area contributed by atoms with Crippen LogP contribution >= 0.6 is 0 Å². The van der Waals surface area contributed by atoms with Gasteiger partial charge in [0.25, 0.3) is 0 Å². The Balaban J connectivity index is 2.96. The Bertz CT molecular complexity index is 526. The van der Waals surface area contributed by atoms with E-state index in [0.29, 0.717) is 16.9 Å². The summed E-state index contributed by atoms with van der Waals surface area (Å²) >= 11 is 0. The molecule has 1 aromatic heterocycles. The van der Waals surface area contributed by atoms with Crippen LogP contribution in [0.2, 0.25) is 0 Å². The van der Waals surface area contributed by atoms with Gasteiger partial charge in [-0.2, -0.15) is 0 Å². The average molecular weight is 190 g/mol. The van der Waals surface area contributed by atoms with Crippen LogP contribution in [0.5, 0.6) is 5.75 Å². The van der Waals surface area contributed by atoms with E-state index in [1.165, 1.54) is 0 Å². The molecule has 14 heavy (non-hydrogen) atoms. The Hall–Kier alpha value is -1.77. The van der Waals surface area contributed by atoms with Crippen LogP contribution in [0, 0.1) is 6.92 Å². The summed E-state index contributed by atoms with van der Waals surface area (Å²) in [5.74, 6) is 0.594. The monoisotopic (exact) mass is 190 g/mol. The third-order valence-electron chi connectivity index (χ3n) is 2.19. The number of ether oxygens (including phenoxy) is 1. The molecule has 0 saturated carbocycles. The van der Waals surface area contributed by atoms with E-state index in [9.17, 15) is 4.79 Å². The lowest BCUT2D eigenvalue weighted by Gasteiger charge is -2.06. The lowest BCUT2D eigenvalue weighted by molar-refractivity contribution is 0.409. The Morgan fingerprint density at radius 2 is 2.00 bits per heavy atom. The van der Waals surface area contributed by atoms with E-state index >= 15 is 0 Å². The van der Waals surface area contributed by atoms with Gasteiger partial charge in [0.15, 0.2) is 0 Å². The van der Waals surface area contributed by atoms with Crippen molar-refractivity contribution in [3.8, 4) is 5.75 Å². The third kappa shape index (κ3) is 1.18. The highest BCUT2D eigenvalue weighted by molar-refractivity contribution is 5.84. The normalized spacial score (nSPS) is 10.4. The molecule has 0 fully saturated rings. The second-order valence-corrected chi connectivity index (χ2v) is 3.04. The number of methoxy groups -OCH3 is 1. The van der Waals surface area contributed by atoms with Gasteiger partial charge >= 0.3 is 5.63 Å². The Kier molecular flexibility index (Phi) is 2.00. The first-order valence-electron chi connectivity index (χ1n) is 4.30. The number of benzene rings is 1. The second kappa shape index (κ2) is 3.18. The minimum atomic E-state index is -0.347. The van der Waals surface area contributed by atoms with E-state index in [1.807, 2.05) is 18.2 Å². The average Bonchev–Trinajstić information content (AvgIpc) is 2.20. The summed E-state index contributed by atoms with van der Waals surface area (Å²) in [5.41, 5.74) is 0.715. The second-order valence-electron chi connectivity index (χ2n) is 3.04. The fourth-order valence-corrected chi connectivity index (χ4v) is 1.48. The van der Waals surface area contributed by atoms with Crippen molar-refractivity contribution in [2.75, 3.05) is 7.11 Å². The fraction of sp³-hybridized carbons (Fsp3) is 0.182. The highest BCUT2D eigenvalue weighted by Crippen LogP contribution is 2.25. The standard InChI is InChI=1S/C11H10O3/c1-7-10(13-2)8-5-3-4-6-9(8)14-11(7)12/h3-6H,1-2H3. The van der Waals surface area contributed by atoms with Gasteiger partial charge in [0.05, 0.1) is 18.1 Å². The van der Waals surface area contributed by atoms with Crippen LogP contribution in [0.25, 0.3) is 11.0 Å². The smallest absolute Gasteiger partial charge is 0.342 e. The summed E-state index contributed by atoms with van der Waals surface area (Å²) in [5, 5.41) is 0.826. The van der Waals surface area contributed by atoms with Gasteiger partial charge in [-0.15, -0.1) is 0 Å². The minimum Gasteiger partial charge on any atom is -0.495 e. The maximum absolute atomic E-state index is 11.4. The van der Waals surface area contributed by atoms with E-state index in [0.717, 1.165) is 5.39 Å². The first kappa shape index (κ1) is 8.81. The van der Waals surface area contributed by atoms with Gasteiger partial charge in [0.1, 0.15) is 11.3 Å². The number of rotatable bonds is 1. The maximum atomic E-state index is 11.4. The van der Waals surface area contributed by atoms with Gasteiger partial charge in [-0.1, -0.05) is 12.1 Å². The molecule has 3 nitrogen and oxygen atoms in total. The van der Waals surface area contributed by atoms with Crippen molar-refractivity contribution in [2.45, 2.75) is 6.92 Å². The van der Waals surface area contributed by atoms with E-state index < -0.39 is 0 Å². The number of hydrogen-bond donors (Lipinski definition) is 0. The lowest BCUT2D eigenvalue weighted by atomic mass is 10.2. The van der Waals surface area contributed by atoms with E-state index in [4.69, 9.17) is 9.15 Å². The van der Waals surface area contributed by atoms with Crippen molar-refractivity contribution in [1.82, 2.24) is 0 Å². The van der Waals surface area contributed by atoms with Crippen LogP contribution in [-0.2, 0) is 0 Å². The summed E-state index contributed by atoms with van der Waals surface area (Å²) in [4.78, 5) is 11.4. The topological polar surface area (TPSA) is 39.4 Å². The van der Waals surface area contributed by atoms with Gasteiger partial charge in [-0.3, -0.25) is 0 Å². The molecule has 0 saturated heterocycles. The predicted octanol–water partition coefficient (Wildman–Crippen LogP) is 2.11. The number of para-hydroxylation sites is 1. The predicted molar refractivity (Wildman–Crippen MR) is 53.8 cm³/mol. The molecule has 1 aromatic carbocycles. The molecule has 0 unspecified atom stereocenters. The van der Waals surface area contributed by atoms with Crippen molar-refractivity contribution in [3.05, 3.63) is 40.2 Å². The number of hydrogen-bond acceptors (Lipinski definition) is 3. The van der Waals surface area contributed by atoms with Crippen molar-refractivity contribution >= 4 is 11.0 Å². The van der Waals surface area contributed by atoms with Crippen LogP contribution in [-0.4, -0.2) is 7.11 Å². The largest absolute Gasteiger partial charge is 0.495 e. The molecule has 72 valence electrons. The zero-order chi connectivity index (χ0) is 10.1. The van der Waals surface area contributed by atoms with Crippen LogP contribution in [0.3, 0.4) is 0 Å². The molecule has 0 radical (unpaired) electrons. The van der Waals surface area contributed by atoms with Gasteiger partial charge in [0, 0.05) is 0 Å². The Morgan fingerprint density at radius 1 is 1.29 bits per heavy atom. The summed E-state index contributed by atoms with van der Waals surface area (Å²) in [6.45, 7) is 1.69. The zero-order valence-corrected chi connectivity index (χ0v) is 8.03. The summed E-state index contributed by atoms with van der Waals surface area (Å²) in [7, 11) is 1.55.